The highest BCUT2D eigenvalue weighted by Gasteiger charge is 2.12. The van der Waals surface area contributed by atoms with Crippen molar-refractivity contribution in [3.63, 3.8) is 0 Å². The summed E-state index contributed by atoms with van der Waals surface area (Å²) in [6.07, 6.45) is 3.81. The summed E-state index contributed by atoms with van der Waals surface area (Å²) in [5.41, 5.74) is 4.51. The molecule has 3 heterocycles. The molecule has 128 valence electrons. The Bertz CT molecular complexity index is 870. The van der Waals surface area contributed by atoms with Crippen molar-refractivity contribution in [1.29, 1.82) is 0 Å². The lowest BCUT2D eigenvalue weighted by molar-refractivity contribution is -0.121. The Labute approximate surface area is 144 Å². The fourth-order valence-corrected chi connectivity index (χ4v) is 2.83. The van der Waals surface area contributed by atoms with Gasteiger partial charge in [0.1, 0.15) is 6.26 Å². The van der Waals surface area contributed by atoms with Gasteiger partial charge in [-0.25, -0.2) is 0 Å². The minimum absolute atomic E-state index is 0.0401. The third kappa shape index (κ3) is 3.61. The second-order valence-corrected chi connectivity index (χ2v) is 6.01. The van der Waals surface area contributed by atoms with E-state index in [0.717, 1.165) is 24.2 Å². The Balaban J connectivity index is 1.27. The Kier molecular flexibility index (Phi) is 4.30. The van der Waals surface area contributed by atoms with Gasteiger partial charge in [-0.2, -0.15) is 4.98 Å². The van der Waals surface area contributed by atoms with Gasteiger partial charge in [0.05, 0.1) is 11.8 Å². The first-order valence-corrected chi connectivity index (χ1v) is 8.21. The summed E-state index contributed by atoms with van der Waals surface area (Å²) in [6.45, 7) is 2.34. The summed E-state index contributed by atoms with van der Waals surface area (Å²) in [5.74, 6) is 0.868. The zero-order chi connectivity index (χ0) is 17.1. The molecule has 25 heavy (non-hydrogen) atoms. The van der Waals surface area contributed by atoms with Crippen LogP contribution in [0.2, 0.25) is 0 Å². The predicted molar refractivity (Wildman–Crippen MR) is 89.2 cm³/mol. The van der Waals surface area contributed by atoms with Gasteiger partial charge in [0.15, 0.2) is 0 Å². The second-order valence-electron chi connectivity index (χ2n) is 6.01. The number of rotatable bonds is 6. The van der Waals surface area contributed by atoms with Gasteiger partial charge in [-0.3, -0.25) is 4.79 Å². The van der Waals surface area contributed by atoms with E-state index in [2.05, 4.69) is 39.0 Å². The molecular weight excluding hydrogens is 320 g/mol. The lowest BCUT2D eigenvalue weighted by Crippen LogP contribution is -2.23. The van der Waals surface area contributed by atoms with Crippen molar-refractivity contribution in [2.45, 2.75) is 32.5 Å². The fourth-order valence-electron chi connectivity index (χ4n) is 2.83. The molecule has 1 aromatic carbocycles. The molecule has 1 aliphatic rings. The molecule has 0 radical (unpaired) electrons. The number of nitrogens with zero attached hydrogens (tertiary/aromatic N) is 2. The van der Waals surface area contributed by atoms with Crippen LogP contribution < -0.4 is 10.6 Å². The van der Waals surface area contributed by atoms with Crippen LogP contribution in [0.25, 0.3) is 11.4 Å². The highest BCUT2D eigenvalue weighted by atomic mass is 16.5. The molecule has 0 saturated heterocycles. The van der Waals surface area contributed by atoms with E-state index in [1.807, 2.05) is 0 Å². The minimum Gasteiger partial charge on any atom is -0.472 e. The Morgan fingerprint density at radius 1 is 1.24 bits per heavy atom. The quantitative estimate of drug-likeness (QED) is 0.715. The number of furan rings is 1. The number of aromatic nitrogens is 2. The van der Waals surface area contributed by atoms with Crippen molar-refractivity contribution in [3.8, 4) is 11.4 Å². The first kappa shape index (κ1) is 15.6. The topological polar surface area (TPSA) is 93.2 Å². The Morgan fingerprint density at radius 2 is 2.16 bits per heavy atom. The molecule has 1 amide bonds. The van der Waals surface area contributed by atoms with Crippen LogP contribution in [0.1, 0.15) is 29.0 Å². The fraction of sp³-hybridized carbons (Fsp3) is 0.278. The van der Waals surface area contributed by atoms with E-state index in [4.69, 9.17) is 8.94 Å². The summed E-state index contributed by atoms with van der Waals surface area (Å²) in [7, 11) is 0. The molecule has 0 atom stereocenters. The Morgan fingerprint density at radius 3 is 3.04 bits per heavy atom. The third-order valence-electron chi connectivity index (χ3n) is 4.20. The van der Waals surface area contributed by atoms with Crippen molar-refractivity contribution < 1.29 is 13.7 Å². The summed E-state index contributed by atoms with van der Waals surface area (Å²) < 4.78 is 10.2. The number of hydrogen-bond donors (Lipinski definition) is 2. The molecule has 1 aliphatic heterocycles. The average Bonchev–Trinajstić information content (AvgIpc) is 3.38. The van der Waals surface area contributed by atoms with Crippen LogP contribution in [0, 0.1) is 0 Å². The van der Waals surface area contributed by atoms with Gasteiger partial charge >= 0.3 is 0 Å². The summed E-state index contributed by atoms with van der Waals surface area (Å²) in [5, 5.41) is 10.1. The van der Waals surface area contributed by atoms with Crippen LogP contribution >= 0.6 is 0 Å². The van der Waals surface area contributed by atoms with Gasteiger partial charge in [0.2, 0.25) is 17.6 Å². The van der Waals surface area contributed by atoms with Crippen LogP contribution in [-0.4, -0.2) is 16.0 Å². The molecule has 0 aliphatic carbocycles. The summed E-state index contributed by atoms with van der Waals surface area (Å²) >= 11 is 0. The van der Waals surface area contributed by atoms with E-state index in [-0.39, 0.29) is 5.91 Å². The van der Waals surface area contributed by atoms with Crippen LogP contribution in [0.5, 0.6) is 0 Å². The number of benzene rings is 1. The number of carbonyl (C=O) groups is 1. The second kappa shape index (κ2) is 6.90. The number of nitrogens with one attached hydrogen (secondary N) is 2. The highest BCUT2D eigenvalue weighted by Crippen LogP contribution is 2.17. The normalized spacial score (nSPS) is 13.0. The Hall–Kier alpha value is -2.93. The minimum atomic E-state index is -0.0401. The molecule has 2 N–H and O–H groups in total. The molecule has 7 heteroatoms. The number of hydrogen-bond acceptors (Lipinski definition) is 6. The molecular formula is C18H18N4O3. The van der Waals surface area contributed by atoms with E-state index < -0.39 is 0 Å². The van der Waals surface area contributed by atoms with Crippen LogP contribution in [0.15, 0.2) is 45.7 Å². The molecule has 0 bridgehead atoms. The smallest absolute Gasteiger partial charge is 0.227 e. The molecule has 4 rings (SSSR count). The van der Waals surface area contributed by atoms with Crippen LogP contribution in [0.4, 0.5) is 0 Å². The molecule has 0 saturated carbocycles. The average molecular weight is 338 g/mol. The third-order valence-corrected chi connectivity index (χ3v) is 4.20. The van der Waals surface area contributed by atoms with E-state index >= 15 is 0 Å². The lowest BCUT2D eigenvalue weighted by atomic mass is 10.1. The highest BCUT2D eigenvalue weighted by molar-refractivity contribution is 5.76. The van der Waals surface area contributed by atoms with E-state index in [1.54, 1.807) is 18.6 Å². The van der Waals surface area contributed by atoms with Crippen LogP contribution in [-0.2, 0) is 30.8 Å². The molecule has 0 fully saturated rings. The predicted octanol–water partition coefficient (Wildman–Crippen LogP) is 2.18. The molecule has 2 aromatic heterocycles. The molecule has 0 unspecified atom stereocenters. The maximum absolute atomic E-state index is 12.0. The van der Waals surface area contributed by atoms with Crippen molar-refractivity contribution in [2.24, 2.45) is 0 Å². The van der Waals surface area contributed by atoms with E-state index in [9.17, 15) is 4.79 Å². The molecule has 7 nitrogen and oxygen atoms in total. The lowest BCUT2D eigenvalue weighted by Gasteiger charge is -2.06. The molecule has 3 aromatic rings. The van der Waals surface area contributed by atoms with Gasteiger partial charge in [-0.1, -0.05) is 23.4 Å². The zero-order valence-corrected chi connectivity index (χ0v) is 13.6. The van der Waals surface area contributed by atoms with Crippen molar-refractivity contribution >= 4 is 5.91 Å². The van der Waals surface area contributed by atoms with Crippen molar-refractivity contribution in [3.05, 3.63) is 59.4 Å². The van der Waals surface area contributed by atoms with Crippen molar-refractivity contribution in [1.82, 2.24) is 20.8 Å². The van der Waals surface area contributed by atoms with Gasteiger partial charge in [-0.05, 0) is 22.8 Å². The number of amides is 1. The first-order chi connectivity index (χ1) is 12.3. The summed E-state index contributed by atoms with van der Waals surface area (Å²) in [6, 6.07) is 8.08. The monoisotopic (exact) mass is 338 g/mol. The number of carbonyl (C=O) groups excluding carboxylic acids is 1. The van der Waals surface area contributed by atoms with Gasteiger partial charge < -0.3 is 19.6 Å². The molecule has 0 spiro atoms. The van der Waals surface area contributed by atoms with Crippen LogP contribution in [0.3, 0.4) is 0 Å². The van der Waals surface area contributed by atoms with Gasteiger partial charge in [0, 0.05) is 32.5 Å². The first-order valence-electron chi connectivity index (χ1n) is 8.21. The van der Waals surface area contributed by atoms with E-state index in [0.29, 0.717) is 31.1 Å². The number of fused-ring (bicyclic) bond motifs is 1. The zero-order valence-electron chi connectivity index (χ0n) is 13.6. The van der Waals surface area contributed by atoms with Gasteiger partial charge in [0.25, 0.3) is 0 Å². The maximum Gasteiger partial charge on any atom is 0.227 e. The SMILES string of the molecule is O=C(CCc1nc(-c2ccoc2)no1)NCc1ccc2c(c1)CNC2. The van der Waals surface area contributed by atoms with Crippen molar-refractivity contribution in [2.75, 3.05) is 0 Å². The maximum atomic E-state index is 12.0. The summed E-state index contributed by atoms with van der Waals surface area (Å²) in [4.78, 5) is 16.3. The number of aryl methyl sites for hydroxylation is 1. The standard InChI is InChI=1S/C18H18N4O3/c23-16(20-8-12-1-2-13-9-19-10-15(13)7-12)3-4-17-21-18(22-25-17)14-5-6-24-11-14/h1-2,5-7,11,19H,3-4,8-10H2,(H,20,23). The van der Waals surface area contributed by atoms with E-state index in [1.165, 1.54) is 11.1 Å². The van der Waals surface area contributed by atoms with Gasteiger partial charge in [-0.15, -0.1) is 0 Å². The largest absolute Gasteiger partial charge is 0.472 e.